The molecular weight excluding hydrogens is 224 g/mol. The van der Waals surface area contributed by atoms with Gasteiger partial charge in [-0.05, 0) is 31.6 Å². The van der Waals surface area contributed by atoms with Crippen LogP contribution >= 0.6 is 0 Å². The highest BCUT2D eigenvalue weighted by molar-refractivity contribution is 5.83. The van der Waals surface area contributed by atoms with Crippen LogP contribution in [-0.2, 0) is 4.79 Å². The first kappa shape index (κ1) is 15.5. The summed E-state index contributed by atoms with van der Waals surface area (Å²) in [5.41, 5.74) is 5.54. The lowest BCUT2D eigenvalue weighted by Gasteiger charge is -2.41. The van der Waals surface area contributed by atoms with Crippen LogP contribution in [0.2, 0.25) is 0 Å². The maximum Gasteiger partial charge on any atom is 0.230 e. The maximum atomic E-state index is 12.7. The molecule has 0 heterocycles. The van der Waals surface area contributed by atoms with Crippen molar-refractivity contribution in [2.24, 2.45) is 17.1 Å². The van der Waals surface area contributed by atoms with Gasteiger partial charge in [-0.15, -0.1) is 0 Å². The zero-order valence-electron chi connectivity index (χ0n) is 12.5. The van der Waals surface area contributed by atoms with Crippen LogP contribution in [0.4, 0.5) is 0 Å². The average molecular weight is 254 g/mol. The fraction of sp³-hybridized carbons (Fsp3) is 0.933. The lowest BCUT2D eigenvalue weighted by atomic mass is 9.78. The first-order valence-corrected chi connectivity index (χ1v) is 7.49. The van der Waals surface area contributed by atoms with Crippen molar-refractivity contribution in [1.29, 1.82) is 0 Å². The van der Waals surface area contributed by atoms with Crippen molar-refractivity contribution in [3.63, 3.8) is 0 Å². The second-order valence-electron chi connectivity index (χ2n) is 5.94. The summed E-state index contributed by atoms with van der Waals surface area (Å²) in [6.07, 6.45) is 6.63. The van der Waals surface area contributed by atoms with Gasteiger partial charge in [0.1, 0.15) is 0 Å². The molecule has 18 heavy (non-hydrogen) atoms. The molecular formula is C15H30N2O. The normalized spacial score (nSPS) is 24.9. The third-order valence-electron chi connectivity index (χ3n) is 5.08. The van der Waals surface area contributed by atoms with Gasteiger partial charge >= 0.3 is 0 Å². The second-order valence-corrected chi connectivity index (χ2v) is 5.94. The molecule has 1 aliphatic carbocycles. The molecule has 2 unspecified atom stereocenters. The molecule has 2 atom stereocenters. The van der Waals surface area contributed by atoms with Crippen molar-refractivity contribution >= 4 is 5.91 Å². The first-order chi connectivity index (χ1) is 8.52. The van der Waals surface area contributed by atoms with Crippen molar-refractivity contribution in [3.05, 3.63) is 0 Å². The smallest absolute Gasteiger partial charge is 0.230 e. The fourth-order valence-electron chi connectivity index (χ4n) is 3.33. The Morgan fingerprint density at radius 1 is 1.28 bits per heavy atom. The molecule has 1 fully saturated rings. The van der Waals surface area contributed by atoms with Crippen LogP contribution in [0.15, 0.2) is 0 Å². The molecule has 0 aromatic carbocycles. The molecule has 3 nitrogen and oxygen atoms in total. The molecule has 106 valence electrons. The Kier molecular flexibility index (Phi) is 5.64. The summed E-state index contributed by atoms with van der Waals surface area (Å²) < 4.78 is 0. The van der Waals surface area contributed by atoms with Crippen LogP contribution < -0.4 is 5.73 Å². The van der Waals surface area contributed by atoms with Gasteiger partial charge in [-0.1, -0.05) is 33.6 Å². The standard InChI is InChI=1S/C15H30N2O/c1-5-15(6-2,11-16)14(18)17(4)13-10-8-7-9-12(13)3/h12-13H,5-11,16H2,1-4H3. The largest absolute Gasteiger partial charge is 0.342 e. The number of nitrogens with zero attached hydrogens (tertiary/aromatic N) is 1. The van der Waals surface area contributed by atoms with Gasteiger partial charge in [0.2, 0.25) is 5.91 Å². The van der Waals surface area contributed by atoms with Gasteiger partial charge in [-0.3, -0.25) is 4.79 Å². The fourth-order valence-corrected chi connectivity index (χ4v) is 3.33. The quantitative estimate of drug-likeness (QED) is 0.820. The molecule has 0 radical (unpaired) electrons. The highest BCUT2D eigenvalue weighted by atomic mass is 16.2. The van der Waals surface area contributed by atoms with E-state index >= 15 is 0 Å². The van der Waals surface area contributed by atoms with Crippen LogP contribution in [0.3, 0.4) is 0 Å². The number of nitrogens with two attached hydrogens (primary N) is 1. The molecule has 0 aromatic heterocycles. The minimum atomic E-state index is -0.341. The van der Waals surface area contributed by atoms with E-state index in [1.54, 1.807) is 0 Å². The van der Waals surface area contributed by atoms with Gasteiger partial charge in [-0.25, -0.2) is 0 Å². The number of carbonyl (C=O) groups excluding carboxylic acids is 1. The Morgan fingerprint density at radius 2 is 1.83 bits per heavy atom. The molecule has 1 saturated carbocycles. The Hall–Kier alpha value is -0.570. The number of carbonyl (C=O) groups is 1. The second kappa shape index (κ2) is 6.55. The Balaban J connectivity index is 2.81. The number of hydrogen-bond acceptors (Lipinski definition) is 2. The summed E-state index contributed by atoms with van der Waals surface area (Å²) in [4.78, 5) is 14.8. The molecule has 1 aliphatic rings. The van der Waals surface area contributed by atoms with E-state index in [-0.39, 0.29) is 11.3 Å². The molecule has 0 saturated heterocycles. The van der Waals surface area contributed by atoms with Crippen molar-refractivity contribution in [2.45, 2.75) is 65.3 Å². The van der Waals surface area contributed by atoms with Gasteiger partial charge in [0.05, 0.1) is 5.41 Å². The summed E-state index contributed by atoms with van der Waals surface area (Å²) in [6.45, 7) is 6.89. The topological polar surface area (TPSA) is 46.3 Å². The third kappa shape index (κ3) is 2.87. The summed E-state index contributed by atoms with van der Waals surface area (Å²) in [5, 5.41) is 0. The van der Waals surface area contributed by atoms with Crippen LogP contribution in [0.1, 0.15) is 59.3 Å². The van der Waals surface area contributed by atoms with E-state index in [4.69, 9.17) is 5.73 Å². The third-order valence-corrected chi connectivity index (χ3v) is 5.08. The Morgan fingerprint density at radius 3 is 2.28 bits per heavy atom. The van der Waals surface area contributed by atoms with Gasteiger partial charge in [-0.2, -0.15) is 0 Å². The van der Waals surface area contributed by atoms with E-state index in [2.05, 4.69) is 20.8 Å². The molecule has 0 bridgehead atoms. The van der Waals surface area contributed by atoms with E-state index in [0.29, 0.717) is 18.5 Å². The lowest BCUT2D eigenvalue weighted by molar-refractivity contribution is -0.144. The molecule has 3 heteroatoms. The van der Waals surface area contributed by atoms with Crippen LogP contribution in [0.5, 0.6) is 0 Å². The Bertz CT molecular complexity index is 265. The number of rotatable bonds is 5. The number of amides is 1. The molecule has 0 spiro atoms. The van der Waals surface area contributed by atoms with Crippen molar-refractivity contribution in [2.75, 3.05) is 13.6 Å². The molecule has 2 N–H and O–H groups in total. The highest BCUT2D eigenvalue weighted by Crippen LogP contribution is 2.33. The SMILES string of the molecule is CCC(CC)(CN)C(=O)N(C)C1CCCCC1C. The van der Waals surface area contributed by atoms with Crippen molar-refractivity contribution < 1.29 is 4.79 Å². The van der Waals surface area contributed by atoms with E-state index in [1.165, 1.54) is 19.3 Å². The van der Waals surface area contributed by atoms with Crippen molar-refractivity contribution in [3.8, 4) is 0 Å². The molecule has 1 amide bonds. The predicted octanol–water partition coefficient (Wildman–Crippen LogP) is 2.79. The minimum absolute atomic E-state index is 0.258. The zero-order chi connectivity index (χ0) is 13.8. The summed E-state index contributed by atoms with van der Waals surface area (Å²) in [7, 11) is 1.98. The summed E-state index contributed by atoms with van der Waals surface area (Å²) in [6, 6.07) is 0.412. The van der Waals surface area contributed by atoms with Gasteiger partial charge < -0.3 is 10.6 Å². The zero-order valence-corrected chi connectivity index (χ0v) is 12.5. The minimum Gasteiger partial charge on any atom is -0.342 e. The van der Waals surface area contributed by atoms with Crippen LogP contribution in [0.25, 0.3) is 0 Å². The monoisotopic (exact) mass is 254 g/mol. The van der Waals surface area contributed by atoms with E-state index in [0.717, 1.165) is 19.3 Å². The Labute approximate surface area is 112 Å². The van der Waals surface area contributed by atoms with Gasteiger partial charge in [0, 0.05) is 19.6 Å². The van der Waals surface area contributed by atoms with Gasteiger partial charge in [0.15, 0.2) is 0 Å². The maximum absolute atomic E-state index is 12.7. The van der Waals surface area contributed by atoms with E-state index < -0.39 is 0 Å². The highest BCUT2D eigenvalue weighted by Gasteiger charge is 2.39. The number of hydrogen-bond donors (Lipinski definition) is 1. The van der Waals surface area contributed by atoms with E-state index in [9.17, 15) is 4.79 Å². The van der Waals surface area contributed by atoms with E-state index in [1.807, 2.05) is 11.9 Å². The summed E-state index contributed by atoms with van der Waals surface area (Å²) >= 11 is 0. The van der Waals surface area contributed by atoms with Crippen molar-refractivity contribution in [1.82, 2.24) is 4.90 Å². The lowest BCUT2D eigenvalue weighted by Crippen LogP contribution is -2.51. The van der Waals surface area contributed by atoms with Crippen LogP contribution in [-0.4, -0.2) is 30.4 Å². The summed E-state index contributed by atoms with van der Waals surface area (Å²) in [5.74, 6) is 0.880. The van der Waals surface area contributed by atoms with Gasteiger partial charge in [0.25, 0.3) is 0 Å². The van der Waals surface area contributed by atoms with Crippen LogP contribution in [0, 0.1) is 11.3 Å². The molecule has 0 aliphatic heterocycles. The molecule has 1 rings (SSSR count). The predicted molar refractivity (Wildman–Crippen MR) is 76.3 cm³/mol. The first-order valence-electron chi connectivity index (χ1n) is 7.49. The average Bonchev–Trinajstić information content (AvgIpc) is 2.41. The molecule has 0 aromatic rings.